The van der Waals surface area contributed by atoms with Crippen LogP contribution in [0.25, 0.3) is 11.6 Å². The monoisotopic (exact) mass is 311 g/mol. The maximum Gasteiger partial charge on any atom is 0.307 e. The average molecular weight is 312 g/mol. The lowest BCUT2D eigenvalue weighted by molar-refractivity contribution is -0.142. The van der Waals surface area contributed by atoms with Crippen molar-refractivity contribution in [2.45, 2.75) is 19.4 Å². The fraction of sp³-hybridized carbons (Fsp3) is 0.364. The van der Waals surface area contributed by atoms with Crippen molar-refractivity contribution in [3.8, 4) is 11.6 Å². The third-order valence-corrected chi connectivity index (χ3v) is 3.53. The molecule has 0 spiro atoms. The van der Waals surface area contributed by atoms with Gasteiger partial charge in [0, 0.05) is 13.0 Å². The molecule has 0 amide bonds. The van der Waals surface area contributed by atoms with Crippen LogP contribution in [0.5, 0.6) is 0 Å². The van der Waals surface area contributed by atoms with Crippen LogP contribution in [0.1, 0.15) is 12.2 Å². The van der Waals surface area contributed by atoms with Gasteiger partial charge in [0.1, 0.15) is 5.82 Å². The van der Waals surface area contributed by atoms with E-state index in [0.29, 0.717) is 41.5 Å². The second kappa shape index (κ2) is 4.24. The first kappa shape index (κ1) is 11.5. The molecule has 1 atom stereocenters. The van der Waals surface area contributed by atoms with Crippen molar-refractivity contribution in [3.05, 3.63) is 22.6 Å². The standard InChI is InChI=1S/C11H10BrN3O3/c12-8-2-1-7(18-8)10-14-13-9-5-6(11(16)17)3-4-15(9)10/h1-2,6H,3-5H2,(H,16,17). The van der Waals surface area contributed by atoms with E-state index < -0.39 is 5.97 Å². The number of nitrogens with zero attached hydrogens (tertiary/aromatic N) is 3. The minimum atomic E-state index is -0.772. The van der Waals surface area contributed by atoms with E-state index in [1.165, 1.54) is 0 Å². The molecule has 0 aliphatic carbocycles. The van der Waals surface area contributed by atoms with Crippen LogP contribution in [0.15, 0.2) is 21.2 Å². The van der Waals surface area contributed by atoms with Crippen LogP contribution in [-0.2, 0) is 17.8 Å². The molecule has 3 rings (SSSR count). The van der Waals surface area contributed by atoms with E-state index in [-0.39, 0.29) is 5.92 Å². The number of furan rings is 1. The highest BCUT2D eigenvalue weighted by Gasteiger charge is 2.28. The first-order chi connectivity index (χ1) is 8.65. The SMILES string of the molecule is O=C(O)C1CCn2c(nnc2-c2ccc(Br)o2)C1. The first-order valence-electron chi connectivity index (χ1n) is 5.56. The number of aliphatic carboxylic acids is 1. The van der Waals surface area contributed by atoms with Crippen LogP contribution in [0, 0.1) is 5.92 Å². The van der Waals surface area contributed by atoms with E-state index in [4.69, 9.17) is 9.52 Å². The summed E-state index contributed by atoms with van der Waals surface area (Å²) in [6.07, 6.45) is 1.01. The third-order valence-electron chi connectivity index (χ3n) is 3.10. The third kappa shape index (κ3) is 1.84. The number of hydrogen-bond acceptors (Lipinski definition) is 4. The second-order valence-corrected chi connectivity index (χ2v) is 5.00. The number of carbonyl (C=O) groups is 1. The molecule has 0 saturated heterocycles. The number of hydrogen-bond donors (Lipinski definition) is 1. The van der Waals surface area contributed by atoms with Gasteiger partial charge >= 0.3 is 5.97 Å². The highest BCUT2D eigenvalue weighted by molar-refractivity contribution is 9.10. The molecule has 1 aliphatic rings. The van der Waals surface area contributed by atoms with Gasteiger partial charge < -0.3 is 14.1 Å². The normalized spacial score (nSPS) is 18.6. The Balaban J connectivity index is 1.95. The van der Waals surface area contributed by atoms with Crippen molar-refractivity contribution >= 4 is 21.9 Å². The molecule has 7 heteroatoms. The molecule has 18 heavy (non-hydrogen) atoms. The molecular formula is C11H10BrN3O3. The van der Waals surface area contributed by atoms with Gasteiger partial charge in [-0.3, -0.25) is 4.79 Å². The second-order valence-electron chi connectivity index (χ2n) is 4.22. The van der Waals surface area contributed by atoms with E-state index >= 15 is 0 Å². The van der Waals surface area contributed by atoms with Crippen molar-refractivity contribution in [1.29, 1.82) is 0 Å². The van der Waals surface area contributed by atoms with Crippen molar-refractivity contribution in [1.82, 2.24) is 14.8 Å². The van der Waals surface area contributed by atoms with E-state index in [2.05, 4.69) is 26.1 Å². The Labute approximate surface area is 111 Å². The summed E-state index contributed by atoms with van der Waals surface area (Å²) in [5, 5.41) is 17.1. The highest BCUT2D eigenvalue weighted by Crippen LogP contribution is 2.28. The summed E-state index contributed by atoms with van der Waals surface area (Å²) in [5.41, 5.74) is 0. The van der Waals surface area contributed by atoms with Crippen LogP contribution in [0.2, 0.25) is 0 Å². The largest absolute Gasteiger partial charge is 0.481 e. The Morgan fingerprint density at radius 2 is 2.33 bits per heavy atom. The van der Waals surface area contributed by atoms with Crippen LogP contribution >= 0.6 is 15.9 Å². The molecule has 0 bridgehead atoms. The van der Waals surface area contributed by atoms with E-state index in [1.807, 2.05) is 10.6 Å². The number of rotatable bonds is 2. The van der Waals surface area contributed by atoms with Gasteiger partial charge in [-0.25, -0.2) is 0 Å². The van der Waals surface area contributed by atoms with E-state index in [1.54, 1.807) is 6.07 Å². The Morgan fingerprint density at radius 1 is 1.50 bits per heavy atom. The molecule has 94 valence electrons. The molecule has 1 unspecified atom stereocenters. The number of fused-ring (bicyclic) bond motifs is 1. The molecule has 0 fully saturated rings. The molecule has 3 heterocycles. The summed E-state index contributed by atoms with van der Waals surface area (Å²) >= 11 is 3.24. The van der Waals surface area contributed by atoms with Gasteiger partial charge in [-0.1, -0.05) is 0 Å². The maximum atomic E-state index is 11.0. The Bertz CT molecular complexity index is 604. The van der Waals surface area contributed by atoms with Crippen molar-refractivity contribution in [2.75, 3.05) is 0 Å². The van der Waals surface area contributed by atoms with Crippen molar-refractivity contribution in [2.24, 2.45) is 5.92 Å². The zero-order valence-corrected chi connectivity index (χ0v) is 10.9. The summed E-state index contributed by atoms with van der Waals surface area (Å²) in [7, 11) is 0. The molecule has 0 aromatic carbocycles. The molecule has 1 N–H and O–H groups in total. The summed E-state index contributed by atoms with van der Waals surface area (Å²) in [6.45, 7) is 0.604. The smallest absolute Gasteiger partial charge is 0.307 e. The summed E-state index contributed by atoms with van der Waals surface area (Å²) in [6, 6.07) is 3.60. The minimum Gasteiger partial charge on any atom is -0.481 e. The molecule has 2 aromatic rings. The van der Waals surface area contributed by atoms with Crippen LogP contribution < -0.4 is 0 Å². The molecule has 1 aliphatic heterocycles. The van der Waals surface area contributed by atoms with Crippen molar-refractivity contribution in [3.63, 3.8) is 0 Å². The minimum absolute atomic E-state index is 0.363. The highest BCUT2D eigenvalue weighted by atomic mass is 79.9. The Morgan fingerprint density at radius 3 is 3.00 bits per heavy atom. The van der Waals surface area contributed by atoms with Crippen LogP contribution in [0.3, 0.4) is 0 Å². The molecule has 6 nitrogen and oxygen atoms in total. The zero-order chi connectivity index (χ0) is 12.7. The van der Waals surface area contributed by atoms with Gasteiger partial charge in [0.15, 0.2) is 16.3 Å². The predicted octanol–water partition coefficient (Wildman–Crippen LogP) is 1.95. The maximum absolute atomic E-state index is 11.0. The Hall–Kier alpha value is -1.63. The summed E-state index contributed by atoms with van der Waals surface area (Å²) < 4.78 is 8.00. The van der Waals surface area contributed by atoms with E-state index in [0.717, 1.165) is 0 Å². The topological polar surface area (TPSA) is 81.1 Å². The number of carboxylic acid groups (broad SMARTS) is 1. The average Bonchev–Trinajstić information content (AvgIpc) is 2.93. The fourth-order valence-electron chi connectivity index (χ4n) is 2.16. The lowest BCUT2D eigenvalue weighted by atomic mass is 9.98. The van der Waals surface area contributed by atoms with Gasteiger partial charge in [0.2, 0.25) is 0 Å². The lowest BCUT2D eigenvalue weighted by Crippen LogP contribution is -2.25. The number of halogens is 1. The van der Waals surface area contributed by atoms with Crippen LogP contribution in [0.4, 0.5) is 0 Å². The predicted molar refractivity (Wildman–Crippen MR) is 64.9 cm³/mol. The number of aromatic nitrogens is 3. The van der Waals surface area contributed by atoms with Gasteiger partial charge in [0.05, 0.1) is 5.92 Å². The molecule has 0 radical (unpaired) electrons. The van der Waals surface area contributed by atoms with Crippen molar-refractivity contribution < 1.29 is 14.3 Å². The zero-order valence-electron chi connectivity index (χ0n) is 9.34. The van der Waals surface area contributed by atoms with E-state index in [9.17, 15) is 4.79 Å². The molecule has 2 aromatic heterocycles. The summed E-state index contributed by atoms with van der Waals surface area (Å²) in [4.78, 5) is 11.0. The summed E-state index contributed by atoms with van der Waals surface area (Å²) in [5.74, 6) is 0.856. The lowest BCUT2D eigenvalue weighted by Gasteiger charge is -2.19. The first-order valence-corrected chi connectivity index (χ1v) is 6.35. The van der Waals surface area contributed by atoms with Crippen LogP contribution in [-0.4, -0.2) is 25.8 Å². The van der Waals surface area contributed by atoms with Gasteiger partial charge in [-0.05, 0) is 34.5 Å². The Kier molecular flexibility index (Phi) is 2.70. The quantitative estimate of drug-likeness (QED) is 0.916. The van der Waals surface area contributed by atoms with Gasteiger partial charge in [0.25, 0.3) is 0 Å². The van der Waals surface area contributed by atoms with Gasteiger partial charge in [-0.15, -0.1) is 10.2 Å². The number of carboxylic acids is 1. The van der Waals surface area contributed by atoms with Gasteiger partial charge in [-0.2, -0.15) is 0 Å². The molecular weight excluding hydrogens is 302 g/mol. The molecule has 0 saturated carbocycles. The fourth-order valence-corrected chi connectivity index (χ4v) is 2.46.